The topological polar surface area (TPSA) is 41.9 Å². The zero-order chi connectivity index (χ0) is 13.8. The summed E-state index contributed by atoms with van der Waals surface area (Å²) in [5, 5.41) is 0. The van der Waals surface area contributed by atoms with Gasteiger partial charge in [-0.15, -0.1) is 0 Å². The molecule has 19 heavy (non-hydrogen) atoms. The van der Waals surface area contributed by atoms with Gasteiger partial charge in [0.25, 0.3) is 0 Å². The molecule has 0 bridgehead atoms. The van der Waals surface area contributed by atoms with E-state index in [0.29, 0.717) is 0 Å². The van der Waals surface area contributed by atoms with Crippen molar-refractivity contribution in [3.8, 4) is 0 Å². The zero-order valence-electron chi connectivity index (χ0n) is 12.0. The third kappa shape index (κ3) is 3.58. The van der Waals surface area contributed by atoms with Gasteiger partial charge in [0.1, 0.15) is 5.82 Å². The van der Waals surface area contributed by atoms with Crippen LogP contribution < -0.4 is 0 Å². The third-order valence-electron chi connectivity index (χ3n) is 3.21. The van der Waals surface area contributed by atoms with Crippen molar-refractivity contribution < 1.29 is 0 Å². The van der Waals surface area contributed by atoms with Crippen LogP contribution in [-0.2, 0) is 6.54 Å². The fourth-order valence-electron chi connectivity index (χ4n) is 2.12. The smallest absolute Gasteiger partial charge is 0.125 e. The molecule has 0 aromatic carbocycles. The second-order valence-electron chi connectivity index (χ2n) is 4.89. The maximum absolute atomic E-state index is 4.48. The van der Waals surface area contributed by atoms with Crippen molar-refractivity contribution in [2.24, 2.45) is 0 Å². The molecular formula is C15H20N4. The van der Waals surface area contributed by atoms with Gasteiger partial charge in [-0.1, -0.05) is 6.07 Å². The molecule has 0 N–H and O–H groups in total. The number of aromatic nitrogens is 3. The Bertz CT molecular complexity index is 519. The van der Waals surface area contributed by atoms with Crippen molar-refractivity contribution in [1.82, 2.24) is 19.9 Å². The van der Waals surface area contributed by atoms with Crippen LogP contribution in [0, 0.1) is 13.8 Å². The number of nitrogens with zero attached hydrogens (tertiary/aromatic N) is 4. The highest BCUT2D eigenvalue weighted by molar-refractivity contribution is 5.11. The van der Waals surface area contributed by atoms with Crippen LogP contribution in [-0.4, -0.2) is 26.9 Å². The summed E-state index contributed by atoms with van der Waals surface area (Å²) >= 11 is 0. The zero-order valence-corrected chi connectivity index (χ0v) is 12.0. The first kappa shape index (κ1) is 13.6. The van der Waals surface area contributed by atoms with Crippen molar-refractivity contribution in [3.63, 3.8) is 0 Å². The molecule has 0 aliphatic carbocycles. The lowest BCUT2D eigenvalue weighted by Crippen LogP contribution is -2.23. The normalized spacial score (nSPS) is 12.7. The van der Waals surface area contributed by atoms with E-state index in [-0.39, 0.29) is 6.04 Å². The highest BCUT2D eigenvalue weighted by Crippen LogP contribution is 2.17. The molecule has 2 heterocycles. The van der Waals surface area contributed by atoms with Crippen molar-refractivity contribution in [2.75, 3.05) is 7.05 Å². The van der Waals surface area contributed by atoms with Crippen molar-refractivity contribution in [3.05, 3.63) is 53.4 Å². The number of pyridine rings is 1. The van der Waals surface area contributed by atoms with E-state index in [0.717, 1.165) is 29.5 Å². The second-order valence-corrected chi connectivity index (χ2v) is 4.89. The molecule has 1 atom stereocenters. The lowest BCUT2D eigenvalue weighted by molar-refractivity contribution is 0.245. The predicted octanol–water partition coefficient (Wildman–Crippen LogP) is 2.68. The van der Waals surface area contributed by atoms with Crippen LogP contribution in [0.15, 0.2) is 30.5 Å². The fourth-order valence-corrected chi connectivity index (χ4v) is 2.12. The summed E-state index contributed by atoms with van der Waals surface area (Å²) in [6, 6.07) is 8.31. The van der Waals surface area contributed by atoms with E-state index in [1.54, 1.807) is 0 Å². The van der Waals surface area contributed by atoms with Crippen LogP contribution in [0.1, 0.15) is 35.9 Å². The molecular weight excluding hydrogens is 236 g/mol. The molecule has 0 radical (unpaired) electrons. The number of rotatable bonds is 4. The number of hydrogen-bond donors (Lipinski definition) is 0. The van der Waals surface area contributed by atoms with Gasteiger partial charge >= 0.3 is 0 Å². The summed E-state index contributed by atoms with van der Waals surface area (Å²) in [5.74, 6) is 0.828. The molecule has 0 aliphatic heterocycles. The molecule has 2 aromatic heterocycles. The second kappa shape index (κ2) is 5.89. The SMILES string of the molecule is Cc1cc(CN(C)[C@@H](C)c2ccccn2)nc(C)n1. The first-order valence-corrected chi connectivity index (χ1v) is 6.48. The van der Waals surface area contributed by atoms with E-state index in [1.165, 1.54) is 0 Å². The monoisotopic (exact) mass is 256 g/mol. The summed E-state index contributed by atoms with van der Waals surface area (Å²) < 4.78 is 0. The van der Waals surface area contributed by atoms with Gasteiger partial charge < -0.3 is 0 Å². The number of hydrogen-bond acceptors (Lipinski definition) is 4. The molecule has 0 saturated carbocycles. The largest absolute Gasteiger partial charge is 0.292 e. The third-order valence-corrected chi connectivity index (χ3v) is 3.21. The lowest BCUT2D eigenvalue weighted by Gasteiger charge is -2.24. The first-order valence-electron chi connectivity index (χ1n) is 6.48. The molecule has 0 amide bonds. The van der Waals surface area contributed by atoms with E-state index < -0.39 is 0 Å². The summed E-state index contributed by atoms with van der Waals surface area (Å²) in [7, 11) is 2.09. The van der Waals surface area contributed by atoms with Crippen LogP contribution in [0.3, 0.4) is 0 Å². The fraction of sp³-hybridized carbons (Fsp3) is 0.400. The molecule has 0 aliphatic rings. The van der Waals surface area contributed by atoms with Crippen molar-refractivity contribution in [2.45, 2.75) is 33.4 Å². The highest BCUT2D eigenvalue weighted by atomic mass is 15.1. The minimum Gasteiger partial charge on any atom is -0.292 e. The Morgan fingerprint density at radius 2 is 2.00 bits per heavy atom. The molecule has 0 unspecified atom stereocenters. The van der Waals surface area contributed by atoms with Gasteiger partial charge in [0.05, 0.1) is 11.4 Å². The molecule has 0 saturated heterocycles. The van der Waals surface area contributed by atoms with Crippen molar-refractivity contribution in [1.29, 1.82) is 0 Å². The van der Waals surface area contributed by atoms with Crippen LogP contribution in [0.2, 0.25) is 0 Å². The summed E-state index contributed by atoms with van der Waals surface area (Å²) in [4.78, 5) is 15.4. The molecule has 0 spiro atoms. The Hall–Kier alpha value is -1.81. The highest BCUT2D eigenvalue weighted by Gasteiger charge is 2.13. The first-order chi connectivity index (χ1) is 9.06. The van der Waals surface area contributed by atoms with Crippen LogP contribution >= 0.6 is 0 Å². The predicted molar refractivity (Wildman–Crippen MR) is 75.6 cm³/mol. The van der Waals surface area contributed by atoms with Gasteiger partial charge in [0.2, 0.25) is 0 Å². The average Bonchev–Trinajstić information content (AvgIpc) is 2.37. The van der Waals surface area contributed by atoms with Crippen LogP contribution in [0.4, 0.5) is 0 Å². The van der Waals surface area contributed by atoms with E-state index in [2.05, 4.69) is 39.9 Å². The maximum atomic E-state index is 4.48. The average molecular weight is 256 g/mol. The molecule has 4 nitrogen and oxygen atoms in total. The van der Waals surface area contributed by atoms with Gasteiger partial charge in [0, 0.05) is 24.5 Å². The van der Waals surface area contributed by atoms with E-state index >= 15 is 0 Å². The molecule has 0 fully saturated rings. The molecule has 100 valence electrons. The Morgan fingerprint density at radius 1 is 1.21 bits per heavy atom. The molecule has 4 heteroatoms. The van der Waals surface area contributed by atoms with Crippen LogP contribution in [0.5, 0.6) is 0 Å². The van der Waals surface area contributed by atoms with Crippen LogP contribution in [0.25, 0.3) is 0 Å². The summed E-state index contributed by atoms with van der Waals surface area (Å²) in [6.45, 7) is 6.88. The Kier molecular flexibility index (Phi) is 4.22. The van der Waals surface area contributed by atoms with Crippen molar-refractivity contribution >= 4 is 0 Å². The van der Waals surface area contributed by atoms with Gasteiger partial charge in [-0.2, -0.15) is 0 Å². The minimum atomic E-state index is 0.261. The van der Waals surface area contributed by atoms with Gasteiger partial charge in [-0.25, -0.2) is 9.97 Å². The van der Waals surface area contributed by atoms with E-state index in [9.17, 15) is 0 Å². The van der Waals surface area contributed by atoms with E-state index in [4.69, 9.17) is 0 Å². The Balaban J connectivity index is 2.10. The minimum absolute atomic E-state index is 0.261. The lowest BCUT2D eigenvalue weighted by atomic mass is 10.2. The van der Waals surface area contributed by atoms with Gasteiger partial charge in [-0.05, 0) is 46.0 Å². The molecule has 2 aromatic rings. The Labute approximate surface area is 114 Å². The summed E-state index contributed by atoms with van der Waals surface area (Å²) in [6.07, 6.45) is 1.83. The standard InChI is InChI=1S/C15H20N4/c1-11-9-14(18-13(3)17-11)10-19(4)12(2)15-7-5-6-8-16-15/h5-9,12H,10H2,1-4H3/t12-/m0/s1. The van der Waals surface area contributed by atoms with Gasteiger partial charge in [0.15, 0.2) is 0 Å². The Morgan fingerprint density at radius 3 is 2.63 bits per heavy atom. The summed E-state index contributed by atoms with van der Waals surface area (Å²) in [5.41, 5.74) is 3.14. The maximum Gasteiger partial charge on any atom is 0.125 e. The number of aryl methyl sites for hydroxylation is 2. The quantitative estimate of drug-likeness (QED) is 0.843. The molecule has 2 rings (SSSR count). The van der Waals surface area contributed by atoms with Gasteiger partial charge in [-0.3, -0.25) is 9.88 Å². The van der Waals surface area contributed by atoms with E-state index in [1.807, 2.05) is 38.2 Å².